The van der Waals surface area contributed by atoms with Crippen LogP contribution in [0.25, 0.3) is 11.1 Å². The molecule has 0 atom stereocenters. The maximum atomic E-state index is 11.5. The second-order valence-corrected chi connectivity index (χ2v) is 7.24. The zero-order valence-corrected chi connectivity index (χ0v) is 13.6. The van der Waals surface area contributed by atoms with E-state index in [1.807, 2.05) is 0 Å². The van der Waals surface area contributed by atoms with Crippen LogP contribution in [-0.2, 0) is 20.2 Å². The summed E-state index contributed by atoms with van der Waals surface area (Å²) in [5.41, 5.74) is 10.8. The van der Waals surface area contributed by atoms with Gasteiger partial charge >= 0.3 is 18.9 Å². The van der Waals surface area contributed by atoms with Crippen LogP contribution >= 0.6 is 0 Å². The number of anilines is 2. The molecule has 0 saturated heterocycles. The molecular formula is C12H13LiN2O6S2. The summed E-state index contributed by atoms with van der Waals surface area (Å²) in [5.74, 6) is 0. The predicted octanol–water partition coefficient (Wildman–Crippen LogP) is -1.87. The van der Waals surface area contributed by atoms with E-state index >= 15 is 0 Å². The molecule has 23 heavy (non-hydrogen) atoms. The minimum atomic E-state index is -4.66. The van der Waals surface area contributed by atoms with Crippen LogP contribution in [0.1, 0.15) is 1.43 Å². The number of hydrogen-bond donors (Lipinski definition) is 4. The van der Waals surface area contributed by atoms with E-state index in [1.54, 1.807) is 0 Å². The molecule has 0 aromatic heterocycles. The summed E-state index contributed by atoms with van der Waals surface area (Å²) in [4.78, 5) is -1.16. The van der Waals surface area contributed by atoms with Crippen LogP contribution in [0.4, 0.5) is 11.4 Å². The van der Waals surface area contributed by atoms with E-state index in [1.165, 1.54) is 24.3 Å². The maximum Gasteiger partial charge on any atom is 1.00 e. The average molecular weight is 352 g/mol. The summed E-state index contributed by atoms with van der Waals surface area (Å²) in [7, 11) is -9.33. The fourth-order valence-electron chi connectivity index (χ4n) is 1.95. The van der Waals surface area contributed by atoms with E-state index in [-0.39, 0.29) is 42.8 Å². The van der Waals surface area contributed by atoms with Gasteiger partial charge in [-0.1, -0.05) is 12.1 Å². The van der Waals surface area contributed by atoms with Crippen molar-refractivity contribution in [1.82, 2.24) is 0 Å². The van der Waals surface area contributed by atoms with Crippen LogP contribution in [-0.4, -0.2) is 25.9 Å². The normalized spacial score (nSPS) is 11.7. The fraction of sp³-hybridized carbons (Fsp3) is 0. The van der Waals surface area contributed by atoms with Crippen molar-refractivity contribution < 1.29 is 46.2 Å². The Morgan fingerprint density at radius 3 is 1.30 bits per heavy atom. The molecule has 0 heterocycles. The summed E-state index contributed by atoms with van der Waals surface area (Å²) in [6.07, 6.45) is 0. The molecule has 120 valence electrons. The summed E-state index contributed by atoms with van der Waals surface area (Å²) >= 11 is 0. The number of benzene rings is 2. The molecule has 2 aromatic rings. The molecule has 6 N–H and O–H groups in total. The average Bonchev–Trinajstić information content (AvgIpc) is 2.37. The number of hydrogen-bond acceptors (Lipinski definition) is 6. The zero-order chi connectivity index (χ0) is 16.7. The Morgan fingerprint density at radius 2 is 1.04 bits per heavy atom. The molecule has 2 rings (SSSR count). The van der Waals surface area contributed by atoms with Crippen molar-refractivity contribution in [3.63, 3.8) is 0 Å². The molecule has 11 heteroatoms. The van der Waals surface area contributed by atoms with Gasteiger partial charge in [-0.15, -0.1) is 0 Å². The molecule has 0 fully saturated rings. The standard InChI is InChI=1S/C12H12N2O6S2.Li.H/c13-7-1-3-9(11(5-7)21(15,16)17)10-4-2-8(14)6-12(10)22(18,19)20;;/h1-6H,13-14H2,(H,15,16,17)(H,18,19,20);;/q;+1;-1. The van der Waals surface area contributed by atoms with Gasteiger partial charge in [-0.05, 0) is 24.3 Å². The van der Waals surface area contributed by atoms with E-state index in [4.69, 9.17) is 11.5 Å². The van der Waals surface area contributed by atoms with Gasteiger partial charge in [0.05, 0.1) is 0 Å². The van der Waals surface area contributed by atoms with Gasteiger partial charge in [-0.2, -0.15) is 16.8 Å². The van der Waals surface area contributed by atoms with Gasteiger partial charge in [-0.3, -0.25) is 9.11 Å². The largest absolute Gasteiger partial charge is 1.00 e. The Hall–Kier alpha value is -1.54. The first-order valence-corrected chi connectivity index (χ1v) is 8.62. The molecule has 0 aliphatic heterocycles. The molecule has 0 spiro atoms. The van der Waals surface area contributed by atoms with Crippen LogP contribution in [0.2, 0.25) is 0 Å². The summed E-state index contributed by atoms with van der Waals surface area (Å²) in [6, 6.07) is 7.06. The third-order valence-electron chi connectivity index (χ3n) is 2.86. The molecule has 0 amide bonds. The van der Waals surface area contributed by atoms with Crippen LogP contribution in [0, 0.1) is 0 Å². The van der Waals surface area contributed by atoms with E-state index in [0.29, 0.717) is 0 Å². The van der Waals surface area contributed by atoms with Crippen molar-refractivity contribution in [3.8, 4) is 11.1 Å². The van der Waals surface area contributed by atoms with Gasteiger partial charge in [0, 0.05) is 22.5 Å². The monoisotopic (exact) mass is 352 g/mol. The van der Waals surface area contributed by atoms with Crippen LogP contribution in [0.15, 0.2) is 46.2 Å². The van der Waals surface area contributed by atoms with Crippen molar-refractivity contribution in [2.45, 2.75) is 9.79 Å². The zero-order valence-electron chi connectivity index (χ0n) is 13.0. The number of rotatable bonds is 3. The molecule has 0 aliphatic carbocycles. The van der Waals surface area contributed by atoms with Crippen molar-refractivity contribution in [2.75, 3.05) is 11.5 Å². The molecule has 0 unspecified atom stereocenters. The van der Waals surface area contributed by atoms with E-state index < -0.39 is 30.0 Å². The minimum absolute atomic E-state index is 0. The molecule has 0 saturated carbocycles. The third kappa shape index (κ3) is 4.26. The summed E-state index contributed by atoms with van der Waals surface area (Å²) in [5, 5.41) is 0. The van der Waals surface area contributed by atoms with Crippen molar-refractivity contribution >= 4 is 31.6 Å². The minimum Gasteiger partial charge on any atom is -1.00 e. The summed E-state index contributed by atoms with van der Waals surface area (Å²) in [6.45, 7) is 0. The van der Waals surface area contributed by atoms with E-state index in [0.717, 1.165) is 12.1 Å². The number of nitrogen functional groups attached to an aromatic ring is 2. The van der Waals surface area contributed by atoms with Gasteiger partial charge in [-0.25, -0.2) is 0 Å². The van der Waals surface area contributed by atoms with Crippen LogP contribution in [0.3, 0.4) is 0 Å². The van der Waals surface area contributed by atoms with Crippen LogP contribution in [0.5, 0.6) is 0 Å². The van der Waals surface area contributed by atoms with Crippen molar-refractivity contribution in [1.29, 1.82) is 0 Å². The third-order valence-corrected chi connectivity index (χ3v) is 4.64. The second kappa shape index (κ2) is 6.52. The molecule has 0 bridgehead atoms. The Kier molecular flexibility index (Phi) is 5.53. The van der Waals surface area contributed by atoms with Gasteiger partial charge in [0.1, 0.15) is 9.79 Å². The molecule has 2 aromatic carbocycles. The first-order valence-electron chi connectivity index (χ1n) is 5.74. The van der Waals surface area contributed by atoms with Crippen LogP contribution < -0.4 is 30.3 Å². The fourth-order valence-corrected chi connectivity index (χ4v) is 3.43. The van der Waals surface area contributed by atoms with Gasteiger partial charge in [0.25, 0.3) is 20.2 Å². The quantitative estimate of drug-likeness (QED) is 0.284. The molecular weight excluding hydrogens is 339 g/mol. The molecule has 0 aliphatic rings. The van der Waals surface area contributed by atoms with Gasteiger partial charge in [0.2, 0.25) is 0 Å². The second-order valence-electron chi connectivity index (χ2n) is 4.46. The predicted molar refractivity (Wildman–Crippen MR) is 81.4 cm³/mol. The molecule has 0 radical (unpaired) electrons. The van der Waals surface area contributed by atoms with Crippen molar-refractivity contribution in [3.05, 3.63) is 36.4 Å². The SMILES string of the molecule is Nc1ccc(-c2ccc(N)cc2S(=O)(=O)O)c(S(=O)(=O)O)c1.[H-].[Li+]. The Labute approximate surface area is 146 Å². The smallest absolute Gasteiger partial charge is 1.00 e. The van der Waals surface area contributed by atoms with E-state index in [2.05, 4.69) is 0 Å². The van der Waals surface area contributed by atoms with Crippen molar-refractivity contribution in [2.24, 2.45) is 0 Å². The maximum absolute atomic E-state index is 11.5. The first-order chi connectivity index (χ1) is 10.00. The Morgan fingerprint density at radius 1 is 0.739 bits per heavy atom. The van der Waals surface area contributed by atoms with Gasteiger partial charge in [0.15, 0.2) is 0 Å². The number of nitrogens with two attached hydrogens (primary N) is 2. The first kappa shape index (κ1) is 19.5. The summed E-state index contributed by atoms with van der Waals surface area (Å²) < 4.78 is 64.4. The van der Waals surface area contributed by atoms with Gasteiger partial charge < -0.3 is 12.9 Å². The topological polar surface area (TPSA) is 161 Å². The van der Waals surface area contributed by atoms with E-state index in [9.17, 15) is 25.9 Å². The molecule has 8 nitrogen and oxygen atoms in total. The Bertz CT molecular complexity index is 884. The Balaban J connectivity index is 0.00000264.